The average Bonchev–Trinajstić information content (AvgIpc) is 3.28. The maximum atomic E-state index is 13.5. The number of alkyl halides is 3. The van der Waals surface area contributed by atoms with Crippen LogP contribution in [0, 0.1) is 6.92 Å². The molecule has 0 unspecified atom stereocenters. The molecule has 0 amide bonds. The summed E-state index contributed by atoms with van der Waals surface area (Å²) < 4.78 is 65.8. The van der Waals surface area contributed by atoms with Crippen molar-refractivity contribution in [3.8, 4) is 0 Å². The van der Waals surface area contributed by atoms with Crippen molar-refractivity contribution < 1.29 is 21.6 Å². The Morgan fingerprint density at radius 1 is 1.18 bits per heavy atom. The Bertz CT molecular complexity index is 1380. The van der Waals surface area contributed by atoms with Crippen molar-refractivity contribution in [3.05, 3.63) is 51.9 Å². The first kappa shape index (κ1) is 23.2. The fourth-order valence-electron chi connectivity index (χ4n) is 4.14. The quantitative estimate of drug-likeness (QED) is 0.565. The Morgan fingerprint density at radius 3 is 2.48 bits per heavy atom. The minimum atomic E-state index is -4.78. The number of nitrogens with one attached hydrogen (secondary N) is 1. The van der Waals surface area contributed by atoms with Crippen LogP contribution in [0.2, 0.25) is 0 Å². The van der Waals surface area contributed by atoms with Crippen LogP contribution in [0.25, 0.3) is 11.0 Å². The predicted octanol–water partition coefficient (Wildman–Crippen LogP) is 4.77. The number of sulfone groups is 1. The number of rotatable bonds is 5. The third-order valence-electron chi connectivity index (χ3n) is 5.95. The van der Waals surface area contributed by atoms with Gasteiger partial charge in [0.15, 0.2) is 9.84 Å². The highest BCUT2D eigenvalue weighted by atomic mass is 32.2. The molecule has 2 heterocycles. The van der Waals surface area contributed by atoms with Gasteiger partial charge in [0.1, 0.15) is 11.2 Å². The lowest BCUT2D eigenvalue weighted by Gasteiger charge is -2.19. The summed E-state index contributed by atoms with van der Waals surface area (Å²) in [6, 6.07) is 5.03. The molecule has 1 saturated carbocycles. The molecule has 0 bridgehead atoms. The highest BCUT2D eigenvalue weighted by Gasteiger charge is 2.36. The molecule has 11 heteroatoms. The largest absolute Gasteiger partial charge is 0.421 e. The van der Waals surface area contributed by atoms with Crippen molar-refractivity contribution >= 4 is 32.5 Å². The number of fused-ring (bicyclic) bond motifs is 1. The van der Waals surface area contributed by atoms with Crippen LogP contribution in [0.4, 0.5) is 24.8 Å². The van der Waals surface area contributed by atoms with E-state index in [0.717, 1.165) is 23.5 Å². The van der Waals surface area contributed by atoms with Crippen LogP contribution >= 0.6 is 0 Å². The molecule has 0 radical (unpaired) electrons. The Labute approximate surface area is 188 Å². The number of aryl methyl sites for hydroxylation is 1. The van der Waals surface area contributed by atoms with Crippen LogP contribution in [0.15, 0.2) is 40.2 Å². The molecule has 0 atom stereocenters. The molecule has 0 saturated heterocycles. The average molecular weight is 481 g/mol. The van der Waals surface area contributed by atoms with Gasteiger partial charge in [-0.1, -0.05) is 19.8 Å². The lowest BCUT2D eigenvalue weighted by molar-refractivity contribution is -0.138. The van der Waals surface area contributed by atoms with Crippen LogP contribution in [-0.4, -0.2) is 28.7 Å². The fourth-order valence-corrected chi connectivity index (χ4v) is 5.11. The van der Waals surface area contributed by atoms with Crippen molar-refractivity contribution in [2.45, 2.75) is 56.6 Å². The summed E-state index contributed by atoms with van der Waals surface area (Å²) in [6.45, 7) is 3.29. The summed E-state index contributed by atoms with van der Waals surface area (Å²) in [7, 11) is -3.36. The van der Waals surface area contributed by atoms with E-state index in [0.29, 0.717) is 24.1 Å². The van der Waals surface area contributed by atoms with Crippen LogP contribution in [0.1, 0.15) is 49.8 Å². The van der Waals surface area contributed by atoms with Gasteiger partial charge in [-0.3, -0.25) is 9.36 Å². The van der Waals surface area contributed by atoms with Crippen molar-refractivity contribution in [1.29, 1.82) is 0 Å². The fraction of sp³-hybridized carbons (Fsp3) is 0.409. The summed E-state index contributed by atoms with van der Waals surface area (Å²) in [5, 5.41) is 3.11. The van der Waals surface area contributed by atoms with Gasteiger partial charge in [0.05, 0.1) is 10.6 Å². The van der Waals surface area contributed by atoms with E-state index in [2.05, 4.69) is 15.3 Å². The van der Waals surface area contributed by atoms with E-state index >= 15 is 0 Å². The molecule has 176 valence electrons. The van der Waals surface area contributed by atoms with Crippen LogP contribution in [0.5, 0.6) is 0 Å². The standard InChI is InChI=1S/C22H23F3N4O3S/c1-3-33(31,32)16-8-9-18(13(2)10-16)27-21-26-12-14-11-17(22(23,24)25)20(30)29(19(14)28-21)15-6-4-5-7-15/h8-12,15H,3-7H2,1-2H3,(H,26,27,28). The number of nitrogens with zero attached hydrogens (tertiary/aromatic N) is 3. The molecule has 33 heavy (non-hydrogen) atoms. The number of hydrogen-bond donors (Lipinski definition) is 1. The zero-order valence-electron chi connectivity index (χ0n) is 18.1. The molecular formula is C22H23F3N4O3S. The number of halogens is 3. The Kier molecular flexibility index (Phi) is 5.94. The number of hydrogen-bond acceptors (Lipinski definition) is 6. The van der Waals surface area contributed by atoms with Gasteiger partial charge in [0.25, 0.3) is 5.56 Å². The number of pyridine rings is 1. The van der Waals surface area contributed by atoms with E-state index in [1.165, 1.54) is 18.3 Å². The zero-order valence-corrected chi connectivity index (χ0v) is 18.9. The maximum absolute atomic E-state index is 13.5. The molecule has 2 aromatic heterocycles. The van der Waals surface area contributed by atoms with Crippen LogP contribution in [-0.2, 0) is 16.0 Å². The highest BCUT2D eigenvalue weighted by Crippen LogP contribution is 2.34. The topological polar surface area (TPSA) is 94.0 Å². The molecule has 1 fully saturated rings. The molecule has 0 spiro atoms. The number of benzene rings is 1. The molecule has 3 aromatic rings. The van der Waals surface area contributed by atoms with Crippen molar-refractivity contribution in [1.82, 2.24) is 14.5 Å². The molecule has 4 rings (SSSR count). The van der Waals surface area contributed by atoms with Crippen molar-refractivity contribution in [2.24, 2.45) is 0 Å². The first-order valence-electron chi connectivity index (χ1n) is 10.6. The van der Waals surface area contributed by atoms with E-state index in [1.807, 2.05) is 0 Å². The molecule has 1 N–H and O–H groups in total. The number of aromatic nitrogens is 3. The molecule has 1 aromatic carbocycles. The van der Waals surface area contributed by atoms with Gasteiger partial charge in [-0.15, -0.1) is 0 Å². The number of anilines is 2. The Balaban J connectivity index is 1.80. The van der Waals surface area contributed by atoms with Crippen LogP contribution < -0.4 is 10.9 Å². The second-order valence-electron chi connectivity index (χ2n) is 8.15. The Hall–Kier alpha value is -2.95. The molecule has 1 aliphatic carbocycles. The van der Waals surface area contributed by atoms with E-state index in [1.54, 1.807) is 19.9 Å². The zero-order chi connectivity index (χ0) is 24.0. The minimum absolute atomic E-state index is 0.0222. The van der Waals surface area contributed by atoms with Crippen molar-refractivity contribution in [2.75, 3.05) is 11.1 Å². The summed E-state index contributed by atoms with van der Waals surface area (Å²) in [4.78, 5) is 21.5. The second kappa shape index (κ2) is 8.44. The van der Waals surface area contributed by atoms with Gasteiger partial charge in [-0.05, 0) is 49.6 Å². The van der Waals surface area contributed by atoms with Gasteiger partial charge in [-0.25, -0.2) is 13.4 Å². The lowest BCUT2D eigenvalue weighted by atomic mass is 10.1. The van der Waals surface area contributed by atoms with E-state index in [4.69, 9.17) is 0 Å². The molecule has 0 aliphatic heterocycles. The Morgan fingerprint density at radius 2 is 1.88 bits per heavy atom. The lowest BCUT2D eigenvalue weighted by Crippen LogP contribution is -2.31. The van der Waals surface area contributed by atoms with Gasteiger partial charge in [-0.2, -0.15) is 18.2 Å². The third-order valence-corrected chi connectivity index (χ3v) is 7.68. The predicted molar refractivity (Wildman–Crippen MR) is 118 cm³/mol. The van der Waals surface area contributed by atoms with Gasteiger partial charge >= 0.3 is 6.18 Å². The second-order valence-corrected chi connectivity index (χ2v) is 10.4. The summed E-state index contributed by atoms with van der Waals surface area (Å²) in [5.41, 5.74) is -1.01. The van der Waals surface area contributed by atoms with E-state index in [-0.39, 0.29) is 33.7 Å². The first-order valence-corrected chi connectivity index (χ1v) is 12.3. The molecule has 7 nitrogen and oxygen atoms in total. The van der Waals surface area contributed by atoms with Gasteiger partial charge < -0.3 is 5.32 Å². The van der Waals surface area contributed by atoms with Crippen LogP contribution in [0.3, 0.4) is 0 Å². The summed E-state index contributed by atoms with van der Waals surface area (Å²) in [5.74, 6) is 0.0774. The monoisotopic (exact) mass is 480 g/mol. The molecule has 1 aliphatic rings. The summed E-state index contributed by atoms with van der Waals surface area (Å²) >= 11 is 0. The molecular weight excluding hydrogens is 457 g/mol. The smallest absolute Gasteiger partial charge is 0.324 e. The normalized spacial score (nSPS) is 15.3. The van der Waals surface area contributed by atoms with E-state index < -0.39 is 27.1 Å². The SMILES string of the molecule is CCS(=O)(=O)c1ccc(Nc2ncc3cc(C(F)(F)F)c(=O)n(C4CCCC4)c3n2)c(C)c1. The van der Waals surface area contributed by atoms with Gasteiger partial charge in [0.2, 0.25) is 5.95 Å². The maximum Gasteiger partial charge on any atom is 0.421 e. The van der Waals surface area contributed by atoms with Crippen molar-refractivity contribution in [3.63, 3.8) is 0 Å². The highest BCUT2D eigenvalue weighted by molar-refractivity contribution is 7.91. The third kappa shape index (κ3) is 4.46. The van der Waals surface area contributed by atoms with E-state index in [9.17, 15) is 26.4 Å². The first-order chi connectivity index (χ1) is 15.5. The van der Waals surface area contributed by atoms with Gasteiger partial charge in [0, 0.05) is 23.3 Å². The minimum Gasteiger partial charge on any atom is -0.324 e. The summed E-state index contributed by atoms with van der Waals surface area (Å²) in [6.07, 6.45) is -0.643.